The van der Waals surface area contributed by atoms with Gasteiger partial charge >= 0.3 is 0 Å². The van der Waals surface area contributed by atoms with Crippen LogP contribution in [0.3, 0.4) is 0 Å². The number of non-ortho nitro benzene ring substituents is 1. The summed E-state index contributed by atoms with van der Waals surface area (Å²) in [6, 6.07) is 15.6. The summed E-state index contributed by atoms with van der Waals surface area (Å²) in [6.45, 7) is 0.934. The average Bonchev–Trinajstić information content (AvgIpc) is 2.72. The average molecular weight is 377 g/mol. The van der Waals surface area contributed by atoms with Crippen LogP contribution in [-0.4, -0.2) is 29.0 Å². The summed E-state index contributed by atoms with van der Waals surface area (Å²) in [6.07, 6.45) is 5.39. The summed E-state index contributed by atoms with van der Waals surface area (Å²) in [5, 5.41) is 14.4. The molecule has 1 N–H and O–H groups in total. The van der Waals surface area contributed by atoms with Gasteiger partial charge in [-0.3, -0.25) is 19.9 Å². The molecule has 7 heteroatoms. The van der Waals surface area contributed by atoms with E-state index in [-0.39, 0.29) is 11.6 Å². The largest absolute Gasteiger partial charge is 0.491 e. The third-order valence-corrected chi connectivity index (χ3v) is 4.00. The molecule has 1 amide bonds. The number of nitro groups is 1. The Bertz CT molecular complexity index is 995. The van der Waals surface area contributed by atoms with Crippen LogP contribution >= 0.6 is 0 Å². The van der Waals surface area contributed by atoms with E-state index >= 15 is 0 Å². The minimum Gasteiger partial charge on any atom is -0.491 e. The molecule has 0 saturated heterocycles. The molecule has 3 rings (SSSR count). The number of nitro benzene ring substituents is 1. The molecule has 0 saturated carbocycles. The second kappa shape index (κ2) is 9.27. The van der Waals surface area contributed by atoms with E-state index in [1.54, 1.807) is 24.4 Å². The number of carbonyl (C=O) groups excluding carboxylic acids is 1. The molecule has 0 aliphatic carbocycles. The van der Waals surface area contributed by atoms with Crippen LogP contribution in [0.2, 0.25) is 0 Å². The van der Waals surface area contributed by atoms with Gasteiger partial charge in [0.1, 0.15) is 11.3 Å². The van der Waals surface area contributed by atoms with Crippen LogP contribution in [0.4, 0.5) is 5.69 Å². The van der Waals surface area contributed by atoms with Crippen molar-refractivity contribution in [3.8, 4) is 5.75 Å². The van der Waals surface area contributed by atoms with E-state index in [0.29, 0.717) is 25.1 Å². The molecule has 0 spiro atoms. The third kappa shape index (κ3) is 5.14. The van der Waals surface area contributed by atoms with Gasteiger partial charge in [0.15, 0.2) is 0 Å². The SMILES string of the molecule is O=C(/C=C/c1ccc([N+](=O)[O-])cc1)NCCCOc1cccc2cccnc12. The fourth-order valence-corrected chi connectivity index (χ4v) is 2.60. The number of nitrogens with zero attached hydrogens (tertiary/aromatic N) is 2. The Morgan fingerprint density at radius 2 is 1.93 bits per heavy atom. The summed E-state index contributed by atoms with van der Waals surface area (Å²) < 4.78 is 5.77. The smallest absolute Gasteiger partial charge is 0.269 e. The second-order valence-electron chi connectivity index (χ2n) is 6.01. The predicted octanol–water partition coefficient (Wildman–Crippen LogP) is 3.74. The van der Waals surface area contributed by atoms with Gasteiger partial charge in [-0.25, -0.2) is 0 Å². The quantitative estimate of drug-likeness (QED) is 0.279. The van der Waals surface area contributed by atoms with Crippen molar-refractivity contribution in [1.82, 2.24) is 10.3 Å². The van der Waals surface area contributed by atoms with E-state index in [1.807, 2.05) is 30.3 Å². The summed E-state index contributed by atoms with van der Waals surface area (Å²) >= 11 is 0. The molecule has 0 atom stereocenters. The molecule has 0 aliphatic heterocycles. The molecule has 1 aromatic heterocycles. The van der Waals surface area contributed by atoms with Crippen LogP contribution in [0.1, 0.15) is 12.0 Å². The molecule has 3 aromatic rings. The highest BCUT2D eigenvalue weighted by Crippen LogP contribution is 2.22. The zero-order valence-electron chi connectivity index (χ0n) is 15.1. The summed E-state index contributed by atoms with van der Waals surface area (Å²) in [5.41, 5.74) is 1.55. The Kier molecular flexibility index (Phi) is 6.30. The Hall–Kier alpha value is -3.74. The number of rotatable bonds is 8. The minimum absolute atomic E-state index is 0.0167. The zero-order valence-corrected chi connectivity index (χ0v) is 15.1. The molecule has 142 valence electrons. The van der Waals surface area contributed by atoms with Crippen LogP contribution in [0.25, 0.3) is 17.0 Å². The van der Waals surface area contributed by atoms with Gasteiger partial charge in [-0.2, -0.15) is 0 Å². The number of nitrogens with one attached hydrogen (secondary N) is 1. The fourth-order valence-electron chi connectivity index (χ4n) is 2.60. The molecule has 2 aromatic carbocycles. The topological polar surface area (TPSA) is 94.4 Å². The van der Waals surface area contributed by atoms with Crippen molar-refractivity contribution < 1.29 is 14.5 Å². The number of amides is 1. The van der Waals surface area contributed by atoms with Gasteiger partial charge < -0.3 is 10.1 Å². The number of pyridine rings is 1. The van der Waals surface area contributed by atoms with Crippen LogP contribution in [0.5, 0.6) is 5.75 Å². The lowest BCUT2D eigenvalue weighted by atomic mass is 10.2. The van der Waals surface area contributed by atoms with Gasteiger partial charge in [0.05, 0.1) is 11.5 Å². The van der Waals surface area contributed by atoms with Crippen LogP contribution in [-0.2, 0) is 4.79 Å². The maximum Gasteiger partial charge on any atom is 0.269 e. The number of ether oxygens (including phenoxy) is 1. The fraction of sp³-hybridized carbons (Fsp3) is 0.143. The number of fused-ring (bicyclic) bond motifs is 1. The summed E-state index contributed by atoms with van der Waals surface area (Å²) in [7, 11) is 0. The van der Waals surface area contributed by atoms with Gasteiger partial charge in [0.25, 0.3) is 5.69 Å². The molecule has 0 radical (unpaired) electrons. The number of benzene rings is 2. The van der Waals surface area contributed by atoms with E-state index in [2.05, 4.69) is 10.3 Å². The highest BCUT2D eigenvalue weighted by atomic mass is 16.6. The van der Waals surface area contributed by atoms with Gasteiger partial charge in [0.2, 0.25) is 5.91 Å². The van der Waals surface area contributed by atoms with E-state index < -0.39 is 4.92 Å². The maximum absolute atomic E-state index is 11.8. The molecule has 0 bridgehead atoms. The van der Waals surface area contributed by atoms with Gasteiger partial charge in [-0.05, 0) is 42.3 Å². The molecular formula is C21H19N3O4. The lowest BCUT2D eigenvalue weighted by Crippen LogP contribution is -2.23. The first-order valence-corrected chi connectivity index (χ1v) is 8.80. The van der Waals surface area contributed by atoms with Crippen molar-refractivity contribution in [2.75, 3.05) is 13.2 Å². The number of hydrogen-bond acceptors (Lipinski definition) is 5. The lowest BCUT2D eigenvalue weighted by Gasteiger charge is -2.08. The van der Waals surface area contributed by atoms with E-state index in [4.69, 9.17) is 4.74 Å². The van der Waals surface area contributed by atoms with Crippen LogP contribution < -0.4 is 10.1 Å². The molecule has 0 fully saturated rings. The van der Waals surface area contributed by atoms with Crippen molar-refractivity contribution >= 4 is 28.6 Å². The summed E-state index contributed by atoms with van der Waals surface area (Å²) in [5.74, 6) is 0.493. The number of hydrogen-bond donors (Lipinski definition) is 1. The van der Waals surface area contributed by atoms with Gasteiger partial charge in [0, 0.05) is 36.3 Å². The standard InChI is InChI=1S/C21H19N3O4/c25-20(12-9-16-7-10-18(11-8-16)24(26)27)22-14-3-15-28-19-6-1-4-17-5-2-13-23-21(17)19/h1-2,4-13H,3,14-15H2,(H,22,25)/b12-9+. The second-order valence-corrected chi connectivity index (χ2v) is 6.01. The van der Waals surface area contributed by atoms with Crippen molar-refractivity contribution in [3.63, 3.8) is 0 Å². The highest BCUT2D eigenvalue weighted by molar-refractivity contribution is 5.91. The number of aromatic nitrogens is 1. The van der Waals surface area contributed by atoms with Crippen molar-refractivity contribution in [1.29, 1.82) is 0 Å². The Balaban J connectivity index is 1.41. The Morgan fingerprint density at radius 3 is 2.71 bits per heavy atom. The third-order valence-electron chi connectivity index (χ3n) is 4.00. The molecule has 1 heterocycles. The Labute approximate surface area is 161 Å². The summed E-state index contributed by atoms with van der Waals surface area (Å²) in [4.78, 5) is 26.3. The van der Waals surface area contributed by atoms with Crippen molar-refractivity contribution in [3.05, 3.63) is 82.5 Å². The van der Waals surface area contributed by atoms with Crippen LogP contribution in [0, 0.1) is 10.1 Å². The Morgan fingerprint density at radius 1 is 1.14 bits per heavy atom. The van der Waals surface area contributed by atoms with E-state index in [1.165, 1.54) is 18.2 Å². The van der Waals surface area contributed by atoms with Crippen molar-refractivity contribution in [2.45, 2.75) is 6.42 Å². The van der Waals surface area contributed by atoms with Gasteiger partial charge in [-0.1, -0.05) is 18.2 Å². The molecular weight excluding hydrogens is 358 g/mol. The lowest BCUT2D eigenvalue weighted by molar-refractivity contribution is -0.384. The van der Waals surface area contributed by atoms with Crippen LogP contribution in [0.15, 0.2) is 66.9 Å². The van der Waals surface area contributed by atoms with Crippen molar-refractivity contribution in [2.24, 2.45) is 0 Å². The first-order valence-electron chi connectivity index (χ1n) is 8.80. The normalized spacial score (nSPS) is 10.9. The van der Waals surface area contributed by atoms with E-state index in [9.17, 15) is 14.9 Å². The maximum atomic E-state index is 11.8. The molecule has 7 nitrogen and oxygen atoms in total. The van der Waals surface area contributed by atoms with E-state index in [0.717, 1.165) is 16.7 Å². The number of carbonyl (C=O) groups is 1. The minimum atomic E-state index is -0.462. The highest BCUT2D eigenvalue weighted by Gasteiger charge is 2.04. The predicted molar refractivity (Wildman–Crippen MR) is 107 cm³/mol. The molecule has 0 unspecified atom stereocenters. The molecule has 0 aliphatic rings. The van der Waals surface area contributed by atoms with Gasteiger partial charge in [-0.15, -0.1) is 0 Å². The molecule has 28 heavy (non-hydrogen) atoms. The number of para-hydroxylation sites is 1. The monoisotopic (exact) mass is 377 g/mol. The first kappa shape index (κ1) is 19.0. The zero-order chi connectivity index (χ0) is 19.8. The first-order chi connectivity index (χ1) is 13.6.